The Kier molecular flexibility index (Phi) is 4.37. The molecule has 0 saturated carbocycles. The summed E-state index contributed by atoms with van der Waals surface area (Å²) in [6.45, 7) is 2.70. The van der Waals surface area contributed by atoms with Crippen LogP contribution in [0.4, 0.5) is 4.39 Å². The minimum absolute atomic E-state index is 0.209. The van der Waals surface area contributed by atoms with Crippen molar-refractivity contribution >= 4 is 0 Å². The van der Waals surface area contributed by atoms with Gasteiger partial charge in [-0.15, -0.1) is 0 Å². The molecule has 5 heteroatoms. The van der Waals surface area contributed by atoms with E-state index in [0.717, 1.165) is 50.3 Å². The SMILES string of the molecule is CN(Cc1nn(-c2ccc(F)cc2)c2c1CCC2)C[C@@H]1CCCO1. The maximum absolute atomic E-state index is 13.2. The van der Waals surface area contributed by atoms with Gasteiger partial charge in [-0.3, -0.25) is 4.90 Å². The first-order valence-electron chi connectivity index (χ1n) is 8.86. The van der Waals surface area contributed by atoms with Gasteiger partial charge < -0.3 is 4.74 Å². The van der Waals surface area contributed by atoms with E-state index >= 15 is 0 Å². The molecule has 1 atom stereocenters. The summed E-state index contributed by atoms with van der Waals surface area (Å²) >= 11 is 0. The molecule has 1 fully saturated rings. The van der Waals surface area contributed by atoms with Gasteiger partial charge in [-0.2, -0.15) is 5.10 Å². The Balaban J connectivity index is 1.55. The highest BCUT2D eigenvalue weighted by atomic mass is 19.1. The van der Waals surface area contributed by atoms with Gasteiger partial charge in [0.15, 0.2) is 0 Å². The van der Waals surface area contributed by atoms with Crippen LogP contribution in [0.15, 0.2) is 24.3 Å². The Bertz CT molecular complexity index is 704. The van der Waals surface area contributed by atoms with Gasteiger partial charge in [-0.25, -0.2) is 9.07 Å². The highest BCUT2D eigenvalue weighted by molar-refractivity contribution is 5.40. The second-order valence-electron chi connectivity index (χ2n) is 6.95. The van der Waals surface area contributed by atoms with Crippen LogP contribution in [0.3, 0.4) is 0 Å². The third-order valence-electron chi connectivity index (χ3n) is 5.04. The fourth-order valence-electron chi connectivity index (χ4n) is 3.89. The van der Waals surface area contributed by atoms with Crippen molar-refractivity contribution in [2.24, 2.45) is 0 Å². The summed E-state index contributed by atoms with van der Waals surface area (Å²) in [6, 6.07) is 6.62. The lowest BCUT2D eigenvalue weighted by molar-refractivity contribution is 0.0789. The van der Waals surface area contributed by atoms with Crippen molar-refractivity contribution in [1.29, 1.82) is 0 Å². The fourth-order valence-corrected chi connectivity index (χ4v) is 3.89. The second-order valence-corrected chi connectivity index (χ2v) is 6.95. The maximum atomic E-state index is 13.2. The van der Waals surface area contributed by atoms with Gasteiger partial charge in [0.1, 0.15) is 5.82 Å². The third-order valence-corrected chi connectivity index (χ3v) is 5.04. The zero-order valence-electron chi connectivity index (χ0n) is 14.2. The average Bonchev–Trinajstić information content (AvgIpc) is 3.28. The standard InChI is InChI=1S/C19H24FN3O/c1-22(12-16-4-3-11-24-16)13-18-17-5-2-6-19(17)23(21-18)15-9-7-14(20)8-10-15/h7-10,16H,2-6,11-13H2,1H3/t16-/m0/s1. The van der Waals surface area contributed by atoms with Crippen molar-refractivity contribution in [3.05, 3.63) is 47.0 Å². The van der Waals surface area contributed by atoms with Crippen molar-refractivity contribution in [2.45, 2.75) is 44.8 Å². The molecule has 1 saturated heterocycles. The van der Waals surface area contributed by atoms with E-state index in [1.807, 2.05) is 4.68 Å². The van der Waals surface area contributed by atoms with Crippen molar-refractivity contribution in [3.8, 4) is 5.69 Å². The monoisotopic (exact) mass is 329 g/mol. The highest BCUT2D eigenvalue weighted by Crippen LogP contribution is 2.28. The van der Waals surface area contributed by atoms with Crippen molar-refractivity contribution in [3.63, 3.8) is 0 Å². The molecule has 0 unspecified atom stereocenters. The van der Waals surface area contributed by atoms with Crippen LogP contribution in [0.2, 0.25) is 0 Å². The molecular formula is C19H24FN3O. The molecule has 0 N–H and O–H groups in total. The number of rotatable bonds is 5. The number of hydrogen-bond acceptors (Lipinski definition) is 3. The molecule has 2 heterocycles. The summed E-state index contributed by atoms with van der Waals surface area (Å²) in [7, 11) is 2.14. The smallest absolute Gasteiger partial charge is 0.123 e. The van der Waals surface area contributed by atoms with E-state index in [4.69, 9.17) is 9.84 Å². The molecule has 1 aliphatic heterocycles. The molecular weight excluding hydrogens is 305 g/mol. The Labute approximate surface area is 142 Å². The summed E-state index contributed by atoms with van der Waals surface area (Å²) in [5.74, 6) is -0.209. The molecule has 0 spiro atoms. The molecule has 0 amide bonds. The number of nitrogens with zero attached hydrogens (tertiary/aromatic N) is 3. The minimum Gasteiger partial charge on any atom is -0.377 e. The van der Waals surface area contributed by atoms with E-state index in [2.05, 4.69) is 11.9 Å². The third kappa shape index (κ3) is 3.10. The lowest BCUT2D eigenvalue weighted by Gasteiger charge is -2.19. The van der Waals surface area contributed by atoms with Gasteiger partial charge >= 0.3 is 0 Å². The largest absolute Gasteiger partial charge is 0.377 e. The van der Waals surface area contributed by atoms with Crippen molar-refractivity contribution in [2.75, 3.05) is 20.2 Å². The lowest BCUT2D eigenvalue weighted by atomic mass is 10.2. The molecule has 1 aromatic heterocycles. The Morgan fingerprint density at radius 1 is 1.25 bits per heavy atom. The maximum Gasteiger partial charge on any atom is 0.123 e. The molecule has 24 heavy (non-hydrogen) atoms. The molecule has 4 nitrogen and oxygen atoms in total. The number of likely N-dealkylation sites (N-methyl/N-ethyl adjacent to an activating group) is 1. The van der Waals surface area contributed by atoms with E-state index in [1.54, 1.807) is 12.1 Å². The molecule has 1 aliphatic carbocycles. The van der Waals surface area contributed by atoms with E-state index in [1.165, 1.54) is 36.2 Å². The minimum atomic E-state index is -0.209. The van der Waals surface area contributed by atoms with Gasteiger partial charge in [-0.1, -0.05) is 0 Å². The van der Waals surface area contributed by atoms with Crippen LogP contribution in [0.1, 0.15) is 36.2 Å². The summed E-state index contributed by atoms with van der Waals surface area (Å²) in [5.41, 5.74) is 4.79. The molecule has 1 aromatic carbocycles. The van der Waals surface area contributed by atoms with E-state index in [9.17, 15) is 4.39 Å². The first kappa shape index (κ1) is 15.8. The van der Waals surface area contributed by atoms with Crippen LogP contribution in [0, 0.1) is 5.82 Å². The Hall–Kier alpha value is -1.72. The van der Waals surface area contributed by atoms with Crippen LogP contribution < -0.4 is 0 Å². The van der Waals surface area contributed by atoms with Gasteiger partial charge in [0.25, 0.3) is 0 Å². The predicted octanol–water partition coefficient (Wildman–Crippen LogP) is 3.11. The van der Waals surface area contributed by atoms with Crippen LogP contribution in [0.5, 0.6) is 0 Å². The van der Waals surface area contributed by atoms with Gasteiger partial charge in [0.2, 0.25) is 0 Å². The van der Waals surface area contributed by atoms with Crippen LogP contribution in [0.25, 0.3) is 5.69 Å². The second kappa shape index (κ2) is 6.65. The van der Waals surface area contributed by atoms with Gasteiger partial charge in [0, 0.05) is 25.4 Å². The lowest BCUT2D eigenvalue weighted by Crippen LogP contribution is -2.28. The Morgan fingerprint density at radius 2 is 2.08 bits per heavy atom. The quantitative estimate of drug-likeness (QED) is 0.844. The first-order chi connectivity index (χ1) is 11.7. The van der Waals surface area contributed by atoms with Crippen molar-refractivity contribution in [1.82, 2.24) is 14.7 Å². The number of benzene rings is 1. The number of fused-ring (bicyclic) bond motifs is 1. The zero-order valence-corrected chi connectivity index (χ0v) is 14.2. The summed E-state index contributed by atoms with van der Waals surface area (Å²) in [4.78, 5) is 2.31. The molecule has 4 rings (SSSR count). The van der Waals surface area contributed by atoms with Crippen LogP contribution in [-0.4, -0.2) is 41.0 Å². The van der Waals surface area contributed by atoms with Gasteiger partial charge in [0.05, 0.1) is 17.5 Å². The molecule has 2 aromatic rings. The number of hydrogen-bond donors (Lipinski definition) is 0. The number of halogens is 1. The number of aromatic nitrogens is 2. The Morgan fingerprint density at radius 3 is 2.83 bits per heavy atom. The highest BCUT2D eigenvalue weighted by Gasteiger charge is 2.25. The van der Waals surface area contributed by atoms with Crippen LogP contribution in [-0.2, 0) is 24.1 Å². The zero-order chi connectivity index (χ0) is 16.5. The van der Waals surface area contributed by atoms with Crippen molar-refractivity contribution < 1.29 is 9.13 Å². The molecule has 0 radical (unpaired) electrons. The van der Waals surface area contributed by atoms with Crippen LogP contribution >= 0.6 is 0 Å². The number of ether oxygens (including phenoxy) is 1. The molecule has 128 valence electrons. The average molecular weight is 329 g/mol. The fraction of sp³-hybridized carbons (Fsp3) is 0.526. The summed E-state index contributed by atoms with van der Waals surface area (Å²) < 4.78 is 20.9. The molecule has 2 aliphatic rings. The van der Waals surface area contributed by atoms with E-state index < -0.39 is 0 Å². The molecule has 0 bridgehead atoms. The topological polar surface area (TPSA) is 30.3 Å². The normalized spacial score (nSPS) is 20.0. The van der Waals surface area contributed by atoms with E-state index in [-0.39, 0.29) is 5.82 Å². The van der Waals surface area contributed by atoms with E-state index in [0.29, 0.717) is 6.10 Å². The predicted molar refractivity (Wildman–Crippen MR) is 90.9 cm³/mol. The first-order valence-corrected chi connectivity index (χ1v) is 8.86. The van der Waals surface area contributed by atoms with Gasteiger partial charge in [-0.05, 0) is 69.0 Å². The summed E-state index contributed by atoms with van der Waals surface area (Å²) in [5, 5.41) is 4.86. The summed E-state index contributed by atoms with van der Waals surface area (Å²) in [6.07, 6.45) is 6.02.